The number of carbonyl (C=O) groups is 3. The molecule has 0 aliphatic rings. The zero-order valence-electron chi connectivity index (χ0n) is 15.9. The van der Waals surface area contributed by atoms with Gasteiger partial charge >= 0.3 is 5.97 Å². The molecule has 1 rings (SSSR count). The predicted octanol–water partition coefficient (Wildman–Crippen LogP) is 2.26. The molecule has 1 heterocycles. The van der Waals surface area contributed by atoms with Crippen LogP contribution in [0.4, 0.5) is 0 Å². The summed E-state index contributed by atoms with van der Waals surface area (Å²) in [5.74, 6) is -0.815. The Morgan fingerprint density at radius 1 is 1.20 bits per heavy atom. The third-order valence-electron chi connectivity index (χ3n) is 4.17. The molecule has 1 aromatic heterocycles. The number of hydrogen-bond donors (Lipinski definition) is 1. The number of hydrogen-bond acceptors (Lipinski definition) is 5. The molecule has 7 nitrogen and oxygen atoms in total. The predicted molar refractivity (Wildman–Crippen MR) is 93.9 cm³/mol. The van der Waals surface area contributed by atoms with Crippen molar-refractivity contribution in [1.29, 1.82) is 0 Å². The van der Waals surface area contributed by atoms with E-state index < -0.39 is 12.0 Å². The molecule has 140 valence electrons. The van der Waals surface area contributed by atoms with Crippen LogP contribution in [0, 0.1) is 13.8 Å². The summed E-state index contributed by atoms with van der Waals surface area (Å²) < 4.78 is 10.1. The highest BCUT2D eigenvalue weighted by molar-refractivity contribution is 6.06. The van der Waals surface area contributed by atoms with E-state index in [0.717, 1.165) is 0 Å². The van der Waals surface area contributed by atoms with Crippen LogP contribution in [-0.4, -0.2) is 60.5 Å². The number of nitrogens with zero attached hydrogens (tertiary/aromatic N) is 1. The SMILES string of the molecule is CCOC(=O)c1[nH]c(C)c(C(=O)[C@@H](C)N(CCOC)C(=O)CC)c1C. The number of aromatic nitrogens is 1. The molecule has 25 heavy (non-hydrogen) atoms. The average Bonchev–Trinajstić information content (AvgIpc) is 2.88. The van der Waals surface area contributed by atoms with Crippen LogP contribution in [0.3, 0.4) is 0 Å². The summed E-state index contributed by atoms with van der Waals surface area (Å²) in [6, 6.07) is -0.647. The first-order valence-corrected chi connectivity index (χ1v) is 8.48. The number of nitrogens with one attached hydrogen (secondary N) is 1. The Hall–Kier alpha value is -2.15. The van der Waals surface area contributed by atoms with Gasteiger partial charge in [0.05, 0.1) is 19.3 Å². The monoisotopic (exact) mass is 352 g/mol. The second kappa shape index (κ2) is 9.36. The molecule has 1 aromatic rings. The fourth-order valence-electron chi connectivity index (χ4n) is 2.80. The van der Waals surface area contributed by atoms with Gasteiger partial charge in [0.25, 0.3) is 0 Å². The zero-order chi connectivity index (χ0) is 19.1. The van der Waals surface area contributed by atoms with E-state index in [1.54, 1.807) is 41.7 Å². The van der Waals surface area contributed by atoms with Crippen LogP contribution in [0.2, 0.25) is 0 Å². The Bertz CT molecular complexity index is 636. The van der Waals surface area contributed by atoms with Gasteiger partial charge in [-0.1, -0.05) is 6.92 Å². The molecular formula is C18H28N2O5. The van der Waals surface area contributed by atoms with Gasteiger partial charge in [0.2, 0.25) is 5.91 Å². The molecule has 0 unspecified atom stereocenters. The van der Waals surface area contributed by atoms with Gasteiger partial charge in [0.1, 0.15) is 5.69 Å². The molecule has 0 aliphatic carbocycles. The number of aromatic amines is 1. The van der Waals surface area contributed by atoms with Crippen LogP contribution in [0.1, 0.15) is 59.3 Å². The third-order valence-corrected chi connectivity index (χ3v) is 4.17. The standard InChI is InChI=1S/C18H28N2O5/c1-7-14(21)20(9-10-24-6)13(5)17(22)15-11(3)16(19-12(15)4)18(23)25-8-2/h13,19H,7-10H2,1-6H3/t13-/m1/s1. The Morgan fingerprint density at radius 2 is 1.84 bits per heavy atom. The van der Waals surface area contributed by atoms with Gasteiger partial charge in [-0.2, -0.15) is 0 Å². The quantitative estimate of drug-likeness (QED) is 0.544. The third kappa shape index (κ3) is 4.69. The van der Waals surface area contributed by atoms with E-state index in [2.05, 4.69) is 4.98 Å². The summed E-state index contributed by atoms with van der Waals surface area (Å²) >= 11 is 0. The smallest absolute Gasteiger partial charge is 0.355 e. The lowest BCUT2D eigenvalue weighted by Crippen LogP contribution is -2.45. The van der Waals surface area contributed by atoms with Crippen molar-refractivity contribution in [1.82, 2.24) is 9.88 Å². The number of H-pyrrole nitrogens is 1. The van der Waals surface area contributed by atoms with E-state index in [1.165, 1.54) is 4.90 Å². The van der Waals surface area contributed by atoms with E-state index in [9.17, 15) is 14.4 Å². The lowest BCUT2D eigenvalue weighted by Gasteiger charge is -2.28. The van der Waals surface area contributed by atoms with E-state index in [1.807, 2.05) is 0 Å². The minimum atomic E-state index is -0.647. The molecular weight excluding hydrogens is 324 g/mol. The van der Waals surface area contributed by atoms with Crippen molar-refractivity contribution in [3.63, 3.8) is 0 Å². The van der Waals surface area contributed by atoms with Crippen LogP contribution in [0.15, 0.2) is 0 Å². The highest BCUT2D eigenvalue weighted by Crippen LogP contribution is 2.22. The fraction of sp³-hybridized carbons (Fsp3) is 0.611. The minimum absolute atomic E-state index is 0.116. The van der Waals surface area contributed by atoms with Crippen LogP contribution in [0.25, 0.3) is 0 Å². The first-order chi connectivity index (χ1) is 11.8. The highest BCUT2D eigenvalue weighted by atomic mass is 16.5. The van der Waals surface area contributed by atoms with E-state index in [4.69, 9.17) is 9.47 Å². The molecule has 1 atom stereocenters. The van der Waals surface area contributed by atoms with E-state index in [-0.39, 0.29) is 24.0 Å². The zero-order valence-corrected chi connectivity index (χ0v) is 15.9. The normalized spacial score (nSPS) is 11.9. The van der Waals surface area contributed by atoms with Gasteiger partial charge in [-0.3, -0.25) is 9.59 Å². The average molecular weight is 352 g/mol. The van der Waals surface area contributed by atoms with Gasteiger partial charge in [-0.25, -0.2) is 4.79 Å². The Kier molecular flexibility index (Phi) is 7.83. The largest absolute Gasteiger partial charge is 0.461 e. The number of methoxy groups -OCH3 is 1. The molecule has 0 spiro atoms. The topological polar surface area (TPSA) is 88.7 Å². The van der Waals surface area contributed by atoms with Crippen molar-refractivity contribution >= 4 is 17.7 Å². The molecule has 0 saturated carbocycles. The van der Waals surface area contributed by atoms with E-state index in [0.29, 0.717) is 36.4 Å². The number of rotatable bonds is 9. The van der Waals surface area contributed by atoms with Gasteiger partial charge < -0.3 is 19.4 Å². The number of Topliss-reactive ketones (excluding diaryl/α,β-unsaturated/α-hetero) is 1. The molecule has 0 aromatic carbocycles. The van der Waals surface area contributed by atoms with Crippen LogP contribution in [0.5, 0.6) is 0 Å². The van der Waals surface area contributed by atoms with Crippen molar-refractivity contribution in [2.45, 2.75) is 47.1 Å². The van der Waals surface area contributed by atoms with Crippen molar-refractivity contribution in [3.8, 4) is 0 Å². The highest BCUT2D eigenvalue weighted by Gasteiger charge is 2.30. The van der Waals surface area contributed by atoms with Crippen LogP contribution in [-0.2, 0) is 14.3 Å². The fourth-order valence-corrected chi connectivity index (χ4v) is 2.80. The second-order valence-corrected chi connectivity index (χ2v) is 5.82. The number of aryl methyl sites for hydroxylation is 1. The second-order valence-electron chi connectivity index (χ2n) is 5.82. The molecule has 0 fully saturated rings. The first-order valence-electron chi connectivity index (χ1n) is 8.48. The maximum atomic E-state index is 13.0. The van der Waals surface area contributed by atoms with Crippen molar-refractivity contribution in [2.24, 2.45) is 0 Å². The Balaban J connectivity index is 3.16. The van der Waals surface area contributed by atoms with E-state index >= 15 is 0 Å². The maximum Gasteiger partial charge on any atom is 0.355 e. The molecule has 1 amide bonds. The molecule has 0 saturated heterocycles. The summed E-state index contributed by atoms with van der Waals surface area (Å²) in [5.41, 5.74) is 1.85. The lowest BCUT2D eigenvalue weighted by atomic mass is 9.99. The molecule has 0 radical (unpaired) electrons. The van der Waals surface area contributed by atoms with Crippen molar-refractivity contribution in [2.75, 3.05) is 26.9 Å². The number of amides is 1. The summed E-state index contributed by atoms with van der Waals surface area (Å²) in [6.07, 6.45) is 0.306. The van der Waals surface area contributed by atoms with Gasteiger partial charge in [0, 0.05) is 31.3 Å². The maximum absolute atomic E-state index is 13.0. The van der Waals surface area contributed by atoms with Gasteiger partial charge in [-0.05, 0) is 33.3 Å². The van der Waals surface area contributed by atoms with Gasteiger partial charge in [-0.15, -0.1) is 0 Å². The summed E-state index contributed by atoms with van der Waals surface area (Å²) in [7, 11) is 1.55. The van der Waals surface area contributed by atoms with Crippen LogP contribution >= 0.6 is 0 Å². The number of ketones is 1. The summed E-state index contributed by atoms with van der Waals surface area (Å²) in [4.78, 5) is 41.7. The molecule has 7 heteroatoms. The van der Waals surface area contributed by atoms with Crippen LogP contribution < -0.4 is 0 Å². The molecule has 0 bridgehead atoms. The van der Waals surface area contributed by atoms with Gasteiger partial charge in [0.15, 0.2) is 5.78 Å². The Morgan fingerprint density at radius 3 is 2.36 bits per heavy atom. The van der Waals surface area contributed by atoms with Crippen molar-refractivity contribution in [3.05, 3.63) is 22.5 Å². The number of carbonyl (C=O) groups excluding carboxylic acids is 3. The number of ether oxygens (including phenoxy) is 2. The summed E-state index contributed by atoms with van der Waals surface area (Å²) in [5, 5.41) is 0. The molecule has 0 aliphatic heterocycles. The minimum Gasteiger partial charge on any atom is -0.461 e. The Labute approximate surface area is 148 Å². The van der Waals surface area contributed by atoms with Crippen molar-refractivity contribution < 1.29 is 23.9 Å². The lowest BCUT2D eigenvalue weighted by molar-refractivity contribution is -0.132. The summed E-state index contributed by atoms with van der Waals surface area (Å²) in [6.45, 7) is 9.55. The molecule has 1 N–H and O–H groups in total. The number of esters is 1. The first kappa shape index (κ1) is 20.9.